The number of hydrogen-bond donors (Lipinski definition) is 0. The Balaban J connectivity index is 2.39. The molecule has 2 heterocycles. The van der Waals surface area contributed by atoms with E-state index < -0.39 is 0 Å². The van der Waals surface area contributed by atoms with Gasteiger partial charge in [0.25, 0.3) is 0 Å². The first kappa shape index (κ1) is 13.2. The first-order chi connectivity index (χ1) is 8.45. The SMILES string of the molecule is Cc1cc(C)nc(Sc2nc(C)nc(Cl)c2C)n1. The fourth-order valence-electron chi connectivity index (χ4n) is 1.50. The monoisotopic (exact) mass is 280 g/mol. The maximum absolute atomic E-state index is 6.04. The second-order valence-electron chi connectivity index (χ2n) is 4.03. The number of rotatable bonds is 2. The van der Waals surface area contributed by atoms with Crippen molar-refractivity contribution in [2.45, 2.75) is 37.9 Å². The van der Waals surface area contributed by atoms with Crippen LogP contribution in [-0.4, -0.2) is 19.9 Å². The Hall–Kier alpha value is -1.20. The van der Waals surface area contributed by atoms with Crippen LogP contribution in [0.15, 0.2) is 16.2 Å². The second kappa shape index (κ2) is 5.20. The van der Waals surface area contributed by atoms with E-state index in [0.29, 0.717) is 16.1 Å². The predicted octanol–water partition coefficient (Wildman–Crippen LogP) is 3.30. The molecular weight excluding hydrogens is 268 g/mol. The van der Waals surface area contributed by atoms with E-state index in [1.807, 2.05) is 33.8 Å². The molecule has 0 aliphatic heterocycles. The van der Waals surface area contributed by atoms with Gasteiger partial charge in [-0.3, -0.25) is 0 Å². The van der Waals surface area contributed by atoms with Gasteiger partial charge in [0.1, 0.15) is 16.0 Å². The average molecular weight is 281 g/mol. The molecule has 0 saturated heterocycles. The van der Waals surface area contributed by atoms with Crippen molar-refractivity contribution in [2.75, 3.05) is 0 Å². The smallest absolute Gasteiger partial charge is 0.194 e. The minimum Gasteiger partial charge on any atom is -0.228 e. The summed E-state index contributed by atoms with van der Waals surface area (Å²) < 4.78 is 0. The Morgan fingerprint density at radius 3 is 2.17 bits per heavy atom. The maximum Gasteiger partial charge on any atom is 0.194 e. The Morgan fingerprint density at radius 1 is 0.944 bits per heavy atom. The average Bonchev–Trinajstić information content (AvgIpc) is 2.23. The van der Waals surface area contributed by atoms with Gasteiger partial charge in [0.05, 0.1) is 0 Å². The van der Waals surface area contributed by atoms with Crippen LogP contribution in [0.3, 0.4) is 0 Å². The predicted molar refractivity (Wildman–Crippen MR) is 72.1 cm³/mol. The van der Waals surface area contributed by atoms with Crippen LogP contribution in [-0.2, 0) is 0 Å². The largest absolute Gasteiger partial charge is 0.228 e. The molecule has 0 saturated carbocycles. The van der Waals surface area contributed by atoms with Crippen molar-refractivity contribution in [3.63, 3.8) is 0 Å². The van der Waals surface area contributed by atoms with E-state index in [1.165, 1.54) is 11.8 Å². The van der Waals surface area contributed by atoms with Crippen molar-refractivity contribution >= 4 is 23.4 Å². The normalized spacial score (nSPS) is 10.7. The molecule has 6 heteroatoms. The lowest BCUT2D eigenvalue weighted by Gasteiger charge is -2.07. The number of halogens is 1. The molecule has 0 aliphatic carbocycles. The van der Waals surface area contributed by atoms with Crippen LogP contribution in [0.1, 0.15) is 22.8 Å². The van der Waals surface area contributed by atoms with Crippen LogP contribution in [0.2, 0.25) is 5.15 Å². The first-order valence-electron chi connectivity index (χ1n) is 5.46. The molecule has 0 atom stereocenters. The summed E-state index contributed by atoms with van der Waals surface area (Å²) in [6.07, 6.45) is 0. The van der Waals surface area contributed by atoms with Crippen LogP contribution in [0, 0.1) is 27.7 Å². The molecule has 4 nitrogen and oxygen atoms in total. The highest BCUT2D eigenvalue weighted by Gasteiger charge is 2.11. The highest BCUT2D eigenvalue weighted by molar-refractivity contribution is 7.99. The molecule has 0 spiro atoms. The molecule has 2 aromatic rings. The molecule has 0 N–H and O–H groups in total. The quantitative estimate of drug-likeness (QED) is 0.624. The molecule has 94 valence electrons. The summed E-state index contributed by atoms with van der Waals surface area (Å²) in [5.74, 6) is 0.650. The van der Waals surface area contributed by atoms with Gasteiger partial charge in [-0.15, -0.1) is 0 Å². The summed E-state index contributed by atoms with van der Waals surface area (Å²) in [6, 6.07) is 1.94. The minimum atomic E-state index is 0.481. The van der Waals surface area contributed by atoms with Crippen LogP contribution in [0.5, 0.6) is 0 Å². The highest BCUT2D eigenvalue weighted by atomic mass is 35.5. The van der Waals surface area contributed by atoms with E-state index >= 15 is 0 Å². The molecule has 0 aliphatic rings. The molecule has 0 aromatic carbocycles. The summed E-state index contributed by atoms with van der Waals surface area (Å²) >= 11 is 7.46. The zero-order valence-electron chi connectivity index (χ0n) is 10.7. The van der Waals surface area contributed by atoms with E-state index in [2.05, 4.69) is 19.9 Å². The third-order valence-corrected chi connectivity index (χ3v) is 3.63. The maximum atomic E-state index is 6.04. The van der Waals surface area contributed by atoms with E-state index in [4.69, 9.17) is 11.6 Å². The summed E-state index contributed by atoms with van der Waals surface area (Å²) in [4.78, 5) is 17.2. The molecule has 0 unspecified atom stereocenters. The molecule has 2 rings (SSSR count). The van der Waals surface area contributed by atoms with Crippen LogP contribution in [0.25, 0.3) is 0 Å². The van der Waals surface area contributed by atoms with Gasteiger partial charge in [0, 0.05) is 17.0 Å². The number of nitrogens with zero attached hydrogens (tertiary/aromatic N) is 4. The third-order valence-electron chi connectivity index (χ3n) is 2.30. The zero-order chi connectivity index (χ0) is 13.3. The highest BCUT2D eigenvalue weighted by Crippen LogP contribution is 2.29. The Bertz CT molecular complexity index is 581. The van der Waals surface area contributed by atoms with Gasteiger partial charge < -0.3 is 0 Å². The van der Waals surface area contributed by atoms with Crippen LogP contribution >= 0.6 is 23.4 Å². The summed E-state index contributed by atoms with van der Waals surface area (Å²) in [6.45, 7) is 7.61. The van der Waals surface area contributed by atoms with E-state index in [1.54, 1.807) is 0 Å². The Morgan fingerprint density at radius 2 is 1.56 bits per heavy atom. The van der Waals surface area contributed by atoms with Gasteiger partial charge >= 0.3 is 0 Å². The summed E-state index contributed by atoms with van der Waals surface area (Å²) in [5.41, 5.74) is 2.74. The van der Waals surface area contributed by atoms with Crippen molar-refractivity contribution in [2.24, 2.45) is 0 Å². The van der Waals surface area contributed by atoms with Crippen molar-refractivity contribution in [3.05, 3.63) is 34.0 Å². The third kappa shape index (κ3) is 2.97. The van der Waals surface area contributed by atoms with Crippen molar-refractivity contribution < 1.29 is 0 Å². The molecule has 2 aromatic heterocycles. The second-order valence-corrected chi connectivity index (χ2v) is 5.34. The fourth-order valence-corrected chi connectivity index (χ4v) is 2.74. The topological polar surface area (TPSA) is 51.6 Å². The van der Waals surface area contributed by atoms with Crippen molar-refractivity contribution in [1.29, 1.82) is 0 Å². The zero-order valence-corrected chi connectivity index (χ0v) is 12.2. The van der Waals surface area contributed by atoms with Gasteiger partial charge in [-0.25, -0.2) is 19.9 Å². The number of hydrogen-bond acceptors (Lipinski definition) is 5. The standard InChI is InChI=1S/C12H13ClN4S/c1-6-5-7(2)15-12(14-6)18-11-8(3)10(13)16-9(4)17-11/h5H,1-4H3. The summed E-state index contributed by atoms with van der Waals surface area (Å²) in [7, 11) is 0. The molecule has 0 bridgehead atoms. The van der Waals surface area contributed by atoms with Crippen molar-refractivity contribution in [3.8, 4) is 0 Å². The van der Waals surface area contributed by atoms with Gasteiger partial charge in [0.15, 0.2) is 5.16 Å². The minimum absolute atomic E-state index is 0.481. The Labute approximate surface area is 115 Å². The van der Waals surface area contributed by atoms with Gasteiger partial charge in [0.2, 0.25) is 0 Å². The van der Waals surface area contributed by atoms with Crippen LogP contribution in [0.4, 0.5) is 0 Å². The van der Waals surface area contributed by atoms with Gasteiger partial charge in [-0.05, 0) is 45.5 Å². The molecule has 18 heavy (non-hydrogen) atoms. The number of aromatic nitrogens is 4. The lowest BCUT2D eigenvalue weighted by Crippen LogP contribution is -1.98. The number of aryl methyl sites for hydroxylation is 3. The first-order valence-corrected chi connectivity index (χ1v) is 6.66. The van der Waals surface area contributed by atoms with E-state index in [9.17, 15) is 0 Å². The molecule has 0 radical (unpaired) electrons. The van der Waals surface area contributed by atoms with Crippen molar-refractivity contribution in [1.82, 2.24) is 19.9 Å². The summed E-state index contributed by atoms with van der Waals surface area (Å²) in [5, 5.41) is 1.97. The molecular formula is C12H13ClN4S. The van der Waals surface area contributed by atoms with Crippen LogP contribution < -0.4 is 0 Å². The molecule has 0 fully saturated rings. The lowest BCUT2D eigenvalue weighted by atomic mass is 10.4. The van der Waals surface area contributed by atoms with Gasteiger partial charge in [-0.2, -0.15) is 0 Å². The molecule has 0 amide bonds. The van der Waals surface area contributed by atoms with E-state index in [-0.39, 0.29) is 0 Å². The Kier molecular flexibility index (Phi) is 3.82. The lowest BCUT2D eigenvalue weighted by molar-refractivity contribution is 0.887. The van der Waals surface area contributed by atoms with Gasteiger partial charge in [-0.1, -0.05) is 11.6 Å². The van der Waals surface area contributed by atoms with E-state index in [0.717, 1.165) is 22.0 Å². The fraction of sp³-hybridized carbons (Fsp3) is 0.333.